The molecule has 0 atom stereocenters. The first-order valence-corrected chi connectivity index (χ1v) is 6.72. The van der Waals surface area contributed by atoms with E-state index in [0.717, 1.165) is 16.5 Å². The van der Waals surface area contributed by atoms with E-state index >= 15 is 0 Å². The molecule has 0 spiro atoms. The Hall–Kier alpha value is -1.86. The maximum atomic E-state index is 12.3. The Morgan fingerprint density at radius 1 is 1.44 bits per heavy atom. The summed E-state index contributed by atoms with van der Waals surface area (Å²) in [4.78, 5) is 14.6. The number of carbonyl (C=O) groups excluding carboxylic acids is 1. The van der Waals surface area contributed by atoms with Crippen LogP contribution in [0.3, 0.4) is 0 Å². The zero-order valence-electron chi connectivity index (χ0n) is 10.2. The Morgan fingerprint density at radius 2 is 2.22 bits per heavy atom. The van der Waals surface area contributed by atoms with Crippen molar-refractivity contribution in [2.45, 2.75) is 13.3 Å². The molecule has 0 fully saturated rings. The fourth-order valence-electron chi connectivity index (χ4n) is 1.85. The van der Waals surface area contributed by atoms with Crippen molar-refractivity contribution in [3.63, 3.8) is 0 Å². The van der Waals surface area contributed by atoms with Crippen molar-refractivity contribution in [3.05, 3.63) is 35.2 Å². The van der Waals surface area contributed by atoms with Crippen LogP contribution in [0.15, 0.2) is 30.3 Å². The second kappa shape index (κ2) is 5.65. The second-order valence-corrected chi connectivity index (χ2v) is 5.12. The van der Waals surface area contributed by atoms with E-state index in [1.54, 1.807) is 4.90 Å². The average Bonchev–Trinajstić information content (AvgIpc) is 2.81. The summed E-state index contributed by atoms with van der Waals surface area (Å²) in [5.74, 6) is -0.0420. The summed E-state index contributed by atoms with van der Waals surface area (Å²) < 4.78 is 1.11. The van der Waals surface area contributed by atoms with Gasteiger partial charge < -0.3 is 4.90 Å². The highest BCUT2D eigenvalue weighted by Crippen LogP contribution is 2.26. The number of fused-ring (bicyclic) bond motifs is 1. The molecule has 1 aromatic carbocycles. The Balaban J connectivity index is 2.29. The fraction of sp³-hybridized carbons (Fsp3) is 0.286. The number of hydrogen-bond donors (Lipinski definition) is 0. The van der Waals surface area contributed by atoms with Gasteiger partial charge in [0.2, 0.25) is 0 Å². The lowest BCUT2D eigenvalue weighted by Gasteiger charge is -2.17. The van der Waals surface area contributed by atoms with Crippen molar-refractivity contribution >= 4 is 27.3 Å². The van der Waals surface area contributed by atoms with E-state index in [2.05, 4.69) is 0 Å². The Morgan fingerprint density at radius 3 is 2.89 bits per heavy atom. The van der Waals surface area contributed by atoms with Crippen LogP contribution in [0, 0.1) is 11.3 Å². The highest BCUT2D eigenvalue weighted by atomic mass is 32.1. The number of nitriles is 1. The molecule has 0 N–H and O–H groups in total. The van der Waals surface area contributed by atoms with Crippen LogP contribution in [-0.2, 0) is 0 Å². The van der Waals surface area contributed by atoms with Crippen LogP contribution in [-0.4, -0.2) is 23.9 Å². The number of amides is 1. The first-order chi connectivity index (χ1) is 8.76. The summed E-state index contributed by atoms with van der Waals surface area (Å²) >= 11 is 1.48. The third-order valence-electron chi connectivity index (χ3n) is 2.68. The molecule has 0 unspecified atom stereocenters. The number of thiophene rings is 1. The summed E-state index contributed by atoms with van der Waals surface area (Å²) in [6.07, 6.45) is 0.859. The molecular formula is C14H14N2OS. The summed E-state index contributed by atoms with van der Waals surface area (Å²) in [7, 11) is 0. The van der Waals surface area contributed by atoms with Crippen molar-refractivity contribution in [1.82, 2.24) is 4.90 Å². The minimum Gasteiger partial charge on any atom is -0.325 e. The smallest absolute Gasteiger partial charge is 0.264 e. The van der Waals surface area contributed by atoms with Gasteiger partial charge in [0.05, 0.1) is 10.9 Å². The molecule has 0 saturated heterocycles. The van der Waals surface area contributed by atoms with Crippen LogP contribution in [0.25, 0.3) is 10.1 Å². The van der Waals surface area contributed by atoms with Gasteiger partial charge >= 0.3 is 0 Å². The average molecular weight is 258 g/mol. The monoisotopic (exact) mass is 258 g/mol. The van der Waals surface area contributed by atoms with Crippen LogP contribution >= 0.6 is 11.3 Å². The molecule has 1 aromatic heterocycles. The molecule has 4 heteroatoms. The van der Waals surface area contributed by atoms with Gasteiger partial charge in [0, 0.05) is 11.2 Å². The van der Waals surface area contributed by atoms with Crippen LogP contribution < -0.4 is 0 Å². The van der Waals surface area contributed by atoms with E-state index in [4.69, 9.17) is 5.26 Å². The molecule has 2 rings (SSSR count). The third-order valence-corrected chi connectivity index (χ3v) is 3.78. The van der Waals surface area contributed by atoms with E-state index in [1.165, 1.54) is 11.3 Å². The van der Waals surface area contributed by atoms with Gasteiger partial charge in [-0.15, -0.1) is 11.3 Å². The molecule has 1 heterocycles. The molecule has 92 valence electrons. The molecule has 1 amide bonds. The zero-order chi connectivity index (χ0) is 13.0. The van der Waals surface area contributed by atoms with Gasteiger partial charge in [0.1, 0.15) is 6.54 Å². The number of hydrogen-bond acceptors (Lipinski definition) is 3. The first-order valence-electron chi connectivity index (χ1n) is 5.91. The molecule has 2 aromatic rings. The summed E-state index contributed by atoms with van der Waals surface area (Å²) in [5.41, 5.74) is 0. The van der Waals surface area contributed by atoms with Gasteiger partial charge in [0.15, 0.2) is 0 Å². The van der Waals surface area contributed by atoms with E-state index in [-0.39, 0.29) is 12.5 Å². The highest BCUT2D eigenvalue weighted by Gasteiger charge is 2.16. The largest absolute Gasteiger partial charge is 0.325 e. The van der Waals surface area contributed by atoms with Crippen molar-refractivity contribution in [2.75, 3.05) is 13.1 Å². The normalized spacial score (nSPS) is 10.2. The molecule has 0 aliphatic heterocycles. The molecule has 0 saturated carbocycles. The van der Waals surface area contributed by atoms with E-state index in [0.29, 0.717) is 11.4 Å². The molecule has 0 aliphatic carbocycles. The molecule has 18 heavy (non-hydrogen) atoms. The highest BCUT2D eigenvalue weighted by molar-refractivity contribution is 7.20. The lowest BCUT2D eigenvalue weighted by molar-refractivity contribution is 0.0781. The molecular weight excluding hydrogens is 244 g/mol. The maximum Gasteiger partial charge on any atom is 0.264 e. The molecule has 0 aliphatic rings. The van der Waals surface area contributed by atoms with E-state index in [9.17, 15) is 4.79 Å². The number of carbonyl (C=O) groups is 1. The number of benzene rings is 1. The quantitative estimate of drug-likeness (QED) is 0.790. The fourth-order valence-corrected chi connectivity index (χ4v) is 2.88. The van der Waals surface area contributed by atoms with E-state index in [1.807, 2.05) is 43.3 Å². The second-order valence-electron chi connectivity index (χ2n) is 4.03. The summed E-state index contributed by atoms with van der Waals surface area (Å²) in [6, 6.07) is 11.9. The Kier molecular flexibility index (Phi) is 3.96. The van der Waals surface area contributed by atoms with E-state index < -0.39 is 0 Å². The standard InChI is InChI=1S/C14H14N2OS/c1-2-8-16(9-7-15)14(17)13-10-11-5-3-4-6-12(11)18-13/h3-6,10H,2,8-9H2,1H3. The Bertz CT molecular complexity index is 564. The van der Waals surface area contributed by atoms with Gasteiger partial charge in [-0.2, -0.15) is 5.26 Å². The predicted octanol–water partition coefficient (Wildman–Crippen LogP) is 3.28. The minimum atomic E-state index is -0.0420. The van der Waals surface area contributed by atoms with Crippen molar-refractivity contribution in [1.29, 1.82) is 5.26 Å². The lowest BCUT2D eigenvalue weighted by Crippen LogP contribution is -2.31. The SMILES string of the molecule is CCCN(CC#N)C(=O)c1cc2ccccc2s1. The lowest BCUT2D eigenvalue weighted by atomic mass is 10.2. The minimum absolute atomic E-state index is 0.0420. The number of rotatable bonds is 4. The van der Waals surface area contributed by atoms with Crippen LogP contribution in [0.5, 0.6) is 0 Å². The predicted molar refractivity (Wildman–Crippen MR) is 73.6 cm³/mol. The summed E-state index contributed by atoms with van der Waals surface area (Å²) in [6.45, 7) is 2.78. The Labute approximate surface area is 110 Å². The van der Waals surface area contributed by atoms with Crippen molar-refractivity contribution < 1.29 is 4.79 Å². The van der Waals surface area contributed by atoms with Crippen molar-refractivity contribution in [2.24, 2.45) is 0 Å². The zero-order valence-corrected chi connectivity index (χ0v) is 11.0. The van der Waals surface area contributed by atoms with Gasteiger partial charge in [-0.3, -0.25) is 4.79 Å². The topological polar surface area (TPSA) is 44.1 Å². The first kappa shape index (κ1) is 12.6. The van der Waals surface area contributed by atoms with Gasteiger partial charge in [-0.05, 0) is 23.9 Å². The van der Waals surface area contributed by atoms with Crippen LogP contribution in [0.1, 0.15) is 23.0 Å². The van der Waals surface area contributed by atoms with Crippen molar-refractivity contribution in [3.8, 4) is 6.07 Å². The van der Waals surface area contributed by atoms with Gasteiger partial charge in [0.25, 0.3) is 5.91 Å². The van der Waals surface area contributed by atoms with Gasteiger partial charge in [-0.1, -0.05) is 25.1 Å². The molecule has 0 bridgehead atoms. The van der Waals surface area contributed by atoms with Crippen LogP contribution in [0.4, 0.5) is 0 Å². The van der Waals surface area contributed by atoms with Gasteiger partial charge in [-0.25, -0.2) is 0 Å². The maximum absolute atomic E-state index is 12.3. The molecule has 0 radical (unpaired) electrons. The summed E-state index contributed by atoms with van der Waals surface area (Å²) in [5, 5.41) is 9.84. The third kappa shape index (κ3) is 2.52. The molecule has 3 nitrogen and oxygen atoms in total. The van der Waals surface area contributed by atoms with Crippen LogP contribution in [0.2, 0.25) is 0 Å². The number of nitrogens with zero attached hydrogens (tertiary/aromatic N) is 2.